The van der Waals surface area contributed by atoms with Gasteiger partial charge in [-0.05, 0) is 33.6 Å². The Kier molecular flexibility index (Phi) is 5.75. The molecule has 0 saturated carbocycles. The van der Waals surface area contributed by atoms with Gasteiger partial charge in [-0.1, -0.05) is 0 Å². The van der Waals surface area contributed by atoms with Crippen LogP contribution in [0.4, 0.5) is 4.79 Å². The van der Waals surface area contributed by atoms with Gasteiger partial charge in [-0.15, -0.1) is 0 Å². The number of carbonyl (C=O) groups is 3. The minimum absolute atomic E-state index is 0.0301. The monoisotopic (exact) mass is 298 g/mol. The first kappa shape index (κ1) is 17.5. The third-order valence-corrected chi connectivity index (χ3v) is 3.43. The Hall–Kier alpha value is -1.59. The summed E-state index contributed by atoms with van der Waals surface area (Å²) in [5.74, 6) is -0.334. The van der Waals surface area contributed by atoms with E-state index in [1.54, 1.807) is 19.0 Å². The molecule has 0 aromatic heterocycles. The van der Waals surface area contributed by atoms with Gasteiger partial charge >= 0.3 is 6.09 Å². The van der Waals surface area contributed by atoms with Crippen LogP contribution < -0.4 is 0 Å². The van der Waals surface area contributed by atoms with Gasteiger partial charge in [0.05, 0.1) is 6.42 Å². The molecule has 0 aromatic rings. The Balaban J connectivity index is 2.43. The summed E-state index contributed by atoms with van der Waals surface area (Å²) in [5.41, 5.74) is -0.512. The topological polar surface area (TPSA) is 66.9 Å². The molecule has 0 spiro atoms. The van der Waals surface area contributed by atoms with Gasteiger partial charge < -0.3 is 14.5 Å². The van der Waals surface area contributed by atoms with E-state index in [1.165, 1.54) is 4.90 Å². The predicted molar refractivity (Wildman–Crippen MR) is 78.8 cm³/mol. The lowest BCUT2D eigenvalue weighted by Gasteiger charge is -2.33. The number of rotatable bonds is 3. The molecule has 21 heavy (non-hydrogen) atoms. The Labute approximate surface area is 126 Å². The minimum atomic E-state index is -0.512. The second-order valence-corrected chi connectivity index (χ2v) is 6.67. The maximum atomic E-state index is 12.0. The number of hydrogen-bond acceptors (Lipinski definition) is 4. The highest BCUT2D eigenvalue weighted by molar-refractivity contribution is 5.99. The summed E-state index contributed by atoms with van der Waals surface area (Å²) in [4.78, 5) is 38.5. The number of likely N-dealkylation sites (tertiary alicyclic amines) is 1. The maximum absolute atomic E-state index is 12.0. The van der Waals surface area contributed by atoms with Crippen molar-refractivity contribution in [3.05, 3.63) is 0 Å². The number of amides is 2. The van der Waals surface area contributed by atoms with E-state index in [0.29, 0.717) is 25.9 Å². The van der Waals surface area contributed by atoms with Crippen LogP contribution in [0, 0.1) is 5.92 Å². The number of piperidine rings is 1. The zero-order valence-corrected chi connectivity index (χ0v) is 13.6. The Morgan fingerprint density at radius 2 is 1.67 bits per heavy atom. The molecule has 0 bridgehead atoms. The van der Waals surface area contributed by atoms with Crippen molar-refractivity contribution in [2.75, 3.05) is 27.2 Å². The Morgan fingerprint density at radius 1 is 1.14 bits per heavy atom. The SMILES string of the molecule is CN(C)C(=O)CC(=O)C1CCN(C(=O)OC(C)(C)C)CC1. The molecular weight excluding hydrogens is 272 g/mol. The number of carbonyl (C=O) groups excluding carboxylic acids is 3. The van der Waals surface area contributed by atoms with Crippen LogP contribution in [0.25, 0.3) is 0 Å². The lowest BCUT2D eigenvalue weighted by Crippen LogP contribution is -2.43. The van der Waals surface area contributed by atoms with Crippen molar-refractivity contribution in [3.63, 3.8) is 0 Å². The molecule has 1 saturated heterocycles. The van der Waals surface area contributed by atoms with Gasteiger partial charge in [0.25, 0.3) is 0 Å². The van der Waals surface area contributed by atoms with Crippen LogP contribution in [0.5, 0.6) is 0 Å². The molecule has 6 nitrogen and oxygen atoms in total. The van der Waals surface area contributed by atoms with Gasteiger partial charge in [-0.3, -0.25) is 9.59 Å². The molecule has 1 aliphatic rings. The van der Waals surface area contributed by atoms with Gasteiger partial charge in [0.15, 0.2) is 0 Å². The van der Waals surface area contributed by atoms with E-state index < -0.39 is 5.60 Å². The fourth-order valence-corrected chi connectivity index (χ4v) is 2.16. The minimum Gasteiger partial charge on any atom is -0.444 e. The van der Waals surface area contributed by atoms with Crippen LogP contribution in [0.2, 0.25) is 0 Å². The van der Waals surface area contributed by atoms with Crippen molar-refractivity contribution in [1.29, 1.82) is 0 Å². The van der Waals surface area contributed by atoms with Crippen molar-refractivity contribution in [3.8, 4) is 0 Å². The summed E-state index contributed by atoms with van der Waals surface area (Å²) >= 11 is 0. The zero-order chi connectivity index (χ0) is 16.2. The smallest absolute Gasteiger partial charge is 0.410 e. The summed E-state index contributed by atoms with van der Waals surface area (Å²) in [6.07, 6.45) is 0.805. The van der Waals surface area contributed by atoms with Crippen LogP contribution in [0.1, 0.15) is 40.0 Å². The molecule has 0 unspecified atom stereocenters. The highest BCUT2D eigenvalue weighted by atomic mass is 16.6. The number of hydrogen-bond donors (Lipinski definition) is 0. The van der Waals surface area contributed by atoms with Crippen molar-refractivity contribution >= 4 is 17.8 Å². The molecule has 1 aliphatic heterocycles. The molecule has 0 N–H and O–H groups in total. The van der Waals surface area contributed by atoms with Gasteiger partial charge in [0.1, 0.15) is 11.4 Å². The lowest BCUT2D eigenvalue weighted by atomic mass is 9.91. The normalized spacial score (nSPS) is 16.5. The first-order chi connectivity index (χ1) is 9.60. The first-order valence-corrected chi connectivity index (χ1v) is 7.31. The van der Waals surface area contributed by atoms with E-state index in [0.717, 1.165) is 0 Å². The quantitative estimate of drug-likeness (QED) is 0.744. The highest BCUT2D eigenvalue weighted by Gasteiger charge is 2.30. The summed E-state index contributed by atoms with van der Waals surface area (Å²) in [6, 6.07) is 0. The van der Waals surface area contributed by atoms with E-state index in [1.807, 2.05) is 20.8 Å². The van der Waals surface area contributed by atoms with Gasteiger partial charge in [0.2, 0.25) is 5.91 Å². The third-order valence-electron chi connectivity index (χ3n) is 3.43. The summed E-state index contributed by atoms with van der Waals surface area (Å²) in [5, 5.41) is 0. The number of Topliss-reactive ketones (excluding diaryl/α,β-unsaturated/α-hetero) is 1. The standard InChI is InChI=1S/C15H26N2O4/c1-15(2,3)21-14(20)17-8-6-11(7-9-17)12(18)10-13(19)16(4)5/h11H,6-10H2,1-5H3. The van der Waals surface area contributed by atoms with Crippen LogP contribution in [-0.2, 0) is 14.3 Å². The van der Waals surface area contributed by atoms with Crippen LogP contribution in [0.15, 0.2) is 0 Å². The molecular formula is C15H26N2O4. The molecule has 120 valence electrons. The predicted octanol–water partition coefficient (Wildman–Crippen LogP) is 1.68. The number of nitrogens with zero attached hydrogens (tertiary/aromatic N) is 2. The van der Waals surface area contributed by atoms with Crippen molar-refractivity contribution in [2.45, 2.75) is 45.6 Å². The zero-order valence-electron chi connectivity index (χ0n) is 13.6. The summed E-state index contributed by atoms with van der Waals surface area (Å²) in [6.45, 7) is 6.49. The molecule has 1 fully saturated rings. The maximum Gasteiger partial charge on any atom is 0.410 e. The molecule has 1 heterocycles. The third kappa shape index (κ3) is 5.73. The van der Waals surface area contributed by atoms with Crippen molar-refractivity contribution < 1.29 is 19.1 Å². The average Bonchev–Trinajstić information content (AvgIpc) is 2.36. The summed E-state index contributed by atoms with van der Waals surface area (Å²) in [7, 11) is 3.28. The van der Waals surface area contributed by atoms with Gasteiger partial charge in [0, 0.05) is 33.1 Å². The van der Waals surface area contributed by atoms with Crippen LogP contribution in [-0.4, -0.2) is 60.4 Å². The van der Waals surface area contributed by atoms with Gasteiger partial charge in [-0.25, -0.2) is 4.79 Å². The molecule has 6 heteroatoms. The van der Waals surface area contributed by atoms with E-state index in [9.17, 15) is 14.4 Å². The molecule has 0 aromatic carbocycles. The van der Waals surface area contributed by atoms with Crippen LogP contribution in [0.3, 0.4) is 0 Å². The number of ketones is 1. The second-order valence-electron chi connectivity index (χ2n) is 6.67. The second kappa shape index (κ2) is 6.91. The number of ether oxygens (including phenoxy) is 1. The van der Waals surface area contributed by atoms with Crippen molar-refractivity contribution in [1.82, 2.24) is 9.80 Å². The summed E-state index contributed by atoms with van der Waals surface area (Å²) < 4.78 is 5.31. The Bertz CT molecular complexity index is 404. The highest BCUT2D eigenvalue weighted by Crippen LogP contribution is 2.21. The largest absolute Gasteiger partial charge is 0.444 e. The van der Waals surface area contributed by atoms with Crippen LogP contribution >= 0.6 is 0 Å². The first-order valence-electron chi connectivity index (χ1n) is 7.31. The molecule has 0 aliphatic carbocycles. The lowest BCUT2D eigenvalue weighted by molar-refractivity contribution is -0.135. The van der Waals surface area contributed by atoms with Gasteiger partial charge in [-0.2, -0.15) is 0 Å². The molecule has 1 rings (SSSR count). The average molecular weight is 298 g/mol. The van der Waals surface area contributed by atoms with E-state index >= 15 is 0 Å². The molecule has 2 amide bonds. The Morgan fingerprint density at radius 3 is 2.10 bits per heavy atom. The molecule has 0 radical (unpaired) electrons. The van der Waals surface area contributed by atoms with E-state index in [2.05, 4.69) is 0 Å². The fraction of sp³-hybridized carbons (Fsp3) is 0.800. The van der Waals surface area contributed by atoms with Crippen molar-refractivity contribution in [2.24, 2.45) is 5.92 Å². The van der Waals surface area contributed by atoms with E-state index in [-0.39, 0.29) is 30.1 Å². The van der Waals surface area contributed by atoms with E-state index in [4.69, 9.17) is 4.74 Å². The fourth-order valence-electron chi connectivity index (χ4n) is 2.16. The molecule has 0 atom stereocenters.